The second-order valence-corrected chi connectivity index (χ2v) is 8.32. The summed E-state index contributed by atoms with van der Waals surface area (Å²) < 4.78 is 7.74. The molecule has 3 rings (SSSR count). The zero-order valence-corrected chi connectivity index (χ0v) is 18.4. The van der Waals surface area contributed by atoms with Crippen molar-refractivity contribution in [1.82, 2.24) is 34.5 Å². The summed E-state index contributed by atoms with van der Waals surface area (Å²) in [6, 6.07) is 2.24. The third-order valence-electron chi connectivity index (χ3n) is 4.94. The number of nitrogens with zero attached hydrogens (tertiary/aromatic N) is 7. The highest BCUT2D eigenvalue weighted by Crippen LogP contribution is 2.29. The second-order valence-electron chi connectivity index (χ2n) is 7.33. The fourth-order valence-corrected chi connectivity index (χ4v) is 4.48. The third kappa shape index (κ3) is 5.28. The highest BCUT2D eigenvalue weighted by atomic mass is 32.2. The van der Waals surface area contributed by atoms with Crippen molar-refractivity contribution in [2.45, 2.75) is 50.0 Å². The third-order valence-corrected chi connectivity index (χ3v) is 5.84. The molecule has 0 spiro atoms. The van der Waals surface area contributed by atoms with Crippen LogP contribution in [0, 0.1) is 13.8 Å². The van der Waals surface area contributed by atoms with Crippen molar-refractivity contribution in [2.75, 3.05) is 46.9 Å². The number of hydrogen-bond acceptors (Lipinski definition) is 8. The Bertz CT molecular complexity index is 753. The Morgan fingerprint density at radius 2 is 1.89 bits per heavy atom. The normalized spacial score (nSPS) is 16.6. The lowest BCUT2D eigenvalue weighted by molar-refractivity contribution is 0.0358. The molecule has 1 aliphatic rings. The van der Waals surface area contributed by atoms with Gasteiger partial charge in [0.1, 0.15) is 10.9 Å². The fraction of sp³-hybridized carbons (Fsp3) is 0.684. The first kappa shape index (κ1) is 21.2. The van der Waals surface area contributed by atoms with E-state index in [1.165, 1.54) is 0 Å². The number of hydrogen-bond donors (Lipinski definition) is 0. The van der Waals surface area contributed by atoms with Crippen LogP contribution in [0.4, 0.5) is 0 Å². The van der Waals surface area contributed by atoms with Gasteiger partial charge in [-0.05, 0) is 52.2 Å². The van der Waals surface area contributed by atoms with E-state index in [4.69, 9.17) is 4.74 Å². The summed E-state index contributed by atoms with van der Waals surface area (Å²) in [5, 5.41) is 10.9. The van der Waals surface area contributed by atoms with Gasteiger partial charge >= 0.3 is 0 Å². The SMILES string of the molecule is CCC(c1nnc(Sc2cc(C)nc(C)n2)n1CCN1CCOCC1)N(C)C. The lowest BCUT2D eigenvalue weighted by atomic mass is 10.2. The molecule has 0 saturated carbocycles. The minimum absolute atomic E-state index is 0.236. The quantitative estimate of drug-likeness (QED) is 0.619. The number of rotatable bonds is 8. The van der Waals surface area contributed by atoms with Crippen molar-refractivity contribution >= 4 is 11.8 Å². The van der Waals surface area contributed by atoms with E-state index < -0.39 is 0 Å². The van der Waals surface area contributed by atoms with Crippen LogP contribution < -0.4 is 0 Å². The molecule has 3 heterocycles. The first-order chi connectivity index (χ1) is 13.5. The predicted octanol–water partition coefficient (Wildman–Crippen LogP) is 2.18. The summed E-state index contributed by atoms with van der Waals surface area (Å²) in [6.45, 7) is 11.5. The van der Waals surface area contributed by atoms with E-state index in [0.717, 1.165) is 73.3 Å². The second kappa shape index (κ2) is 9.78. The maximum atomic E-state index is 5.47. The topological polar surface area (TPSA) is 72.2 Å². The van der Waals surface area contributed by atoms with Gasteiger partial charge in [-0.2, -0.15) is 0 Å². The molecule has 2 aromatic rings. The maximum Gasteiger partial charge on any atom is 0.197 e. The molecule has 1 saturated heterocycles. The van der Waals surface area contributed by atoms with Gasteiger partial charge in [0.2, 0.25) is 0 Å². The van der Waals surface area contributed by atoms with Crippen molar-refractivity contribution < 1.29 is 4.74 Å². The monoisotopic (exact) mass is 405 g/mol. The van der Waals surface area contributed by atoms with Crippen LogP contribution in [0.1, 0.15) is 36.7 Å². The van der Waals surface area contributed by atoms with E-state index in [1.54, 1.807) is 11.8 Å². The number of aryl methyl sites for hydroxylation is 2. The van der Waals surface area contributed by atoms with Crippen LogP contribution in [0.15, 0.2) is 16.2 Å². The van der Waals surface area contributed by atoms with E-state index >= 15 is 0 Å². The lowest BCUT2D eigenvalue weighted by Crippen LogP contribution is -2.38. The average Bonchev–Trinajstić information content (AvgIpc) is 3.02. The van der Waals surface area contributed by atoms with Crippen LogP contribution in [0.3, 0.4) is 0 Å². The molecule has 8 nitrogen and oxygen atoms in total. The molecule has 1 atom stereocenters. The standard InChI is InChI=1S/C19H31N7OS/c1-6-16(24(4)5)18-22-23-19(28-17-13-14(2)20-15(3)21-17)26(18)8-7-25-9-11-27-12-10-25/h13,16H,6-12H2,1-5H3. The van der Waals surface area contributed by atoms with Crippen LogP contribution in [-0.2, 0) is 11.3 Å². The minimum atomic E-state index is 0.236. The van der Waals surface area contributed by atoms with E-state index in [-0.39, 0.29) is 6.04 Å². The van der Waals surface area contributed by atoms with Gasteiger partial charge in [0.05, 0.1) is 19.3 Å². The smallest absolute Gasteiger partial charge is 0.197 e. The summed E-state index contributed by atoms with van der Waals surface area (Å²) >= 11 is 1.57. The molecule has 0 bridgehead atoms. The molecule has 1 fully saturated rings. The van der Waals surface area contributed by atoms with Crippen molar-refractivity contribution in [3.05, 3.63) is 23.4 Å². The van der Waals surface area contributed by atoms with Gasteiger partial charge < -0.3 is 9.30 Å². The maximum absolute atomic E-state index is 5.47. The molecule has 0 N–H and O–H groups in total. The average molecular weight is 406 g/mol. The van der Waals surface area contributed by atoms with Gasteiger partial charge in [0, 0.05) is 31.9 Å². The first-order valence-electron chi connectivity index (χ1n) is 9.87. The van der Waals surface area contributed by atoms with Crippen LogP contribution in [0.5, 0.6) is 0 Å². The number of aromatic nitrogens is 5. The van der Waals surface area contributed by atoms with Gasteiger partial charge in [-0.25, -0.2) is 9.97 Å². The Hall–Kier alpha value is -1.55. The van der Waals surface area contributed by atoms with Crippen LogP contribution in [0.25, 0.3) is 0 Å². The van der Waals surface area contributed by atoms with Crippen molar-refractivity contribution in [3.8, 4) is 0 Å². The summed E-state index contributed by atoms with van der Waals surface area (Å²) in [4.78, 5) is 13.6. The molecule has 0 amide bonds. The Morgan fingerprint density at radius 3 is 2.54 bits per heavy atom. The zero-order chi connectivity index (χ0) is 20.1. The summed E-state index contributed by atoms with van der Waals surface area (Å²) in [5.74, 6) is 1.80. The largest absolute Gasteiger partial charge is 0.379 e. The van der Waals surface area contributed by atoms with E-state index in [2.05, 4.69) is 55.6 Å². The Labute approximate surface area is 171 Å². The summed E-state index contributed by atoms with van der Waals surface area (Å²) in [5.41, 5.74) is 0.967. The predicted molar refractivity (Wildman–Crippen MR) is 110 cm³/mol. The molecule has 0 aromatic carbocycles. The molecular weight excluding hydrogens is 374 g/mol. The molecule has 2 aromatic heterocycles. The van der Waals surface area contributed by atoms with Crippen LogP contribution in [-0.4, -0.2) is 81.5 Å². The molecule has 0 aliphatic carbocycles. The van der Waals surface area contributed by atoms with E-state index in [1.807, 2.05) is 19.9 Å². The molecule has 28 heavy (non-hydrogen) atoms. The van der Waals surface area contributed by atoms with Gasteiger partial charge in [-0.15, -0.1) is 10.2 Å². The highest BCUT2D eigenvalue weighted by Gasteiger charge is 2.23. The zero-order valence-electron chi connectivity index (χ0n) is 17.6. The molecule has 9 heteroatoms. The fourth-order valence-electron chi connectivity index (χ4n) is 3.51. The Morgan fingerprint density at radius 1 is 1.14 bits per heavy atom. The first-order valence-corrected chi connectivity index (χ1v) is 10.7. The lowest BCUT2D eigenvalue weighted by Gasteiger charge is -2.28. The molecule has 154 valence electrons. The van der Waals surface area contributed by atoms with Gasteiger partial charge in [-0.3, -0.25) is 9.80 Å². The van der Waals surface area contributed by atoms with Gasteiger partial charge in [0.25, 0.3) is 0 Å². The number of morpholine rings is 1. The van der Waals surface area contributed by atoms with Crippen LogP contribution in [0.2, 0.25) is 0 Å². The molecular formula is C19H31N7OS. The Kier molecular flexibility index (Phi) is 7.39. The van der Waals surface area contributed by atoms with E-state index in [9.17, 15) is 0 Å². The highest BCUT2D eigenvalue weighted by molar-refractivity contribution is 7.99. The van der Waals surface area contributed by atoms with Gasteiger partial charge in [-0.1, -0.05) is 6.92 Å². The van der Waals surface area contributed by atoms with Gasteiger partial charge in [0.15, 0.2) is 11.0 Å². The Balaban J connectivity index is 1.86. The van der Waals surface area contributed by atoms with Crippen molar-refractivity contribution in [2.24, 2.45) is 0 Å². The van der Waals surface area contributed by atoms with Crippen molar-refractivity contribution in [3.63, 3.8) is 0 Å². The molecule has 1 unspecified atom stereocenters. The van der Waals surface area contributed by atoms with Crippen molar-refractivity contribution in [1.29, 1.82) is 0 Å². The molecule has 0 radical (unpaired) electrons. The summed E-state index contributed by atoms with van der Waals surface area (Å²) in [6.07, 6.45) is 0.985. The van der Waals surface area contributed by atoms with E-state index in [0.29, 0.717) is 0 Å². The summed E-state index contributed by atoms with van der Waals surface area (Å²) in [7, 11) is 4.19. The minimum Gasteiger partial charge on any atom is -0.379 e. The van der Waals surface area contributed by atoms with Crippen LogP contribution >= 0.6 is 11.8 Å². The number of ether oxygens (including phenoxy) is 1. The molecule has 1 aliphatic heterocycles.